The molecule has 0 spiro atoms. The van der Waals surface area contributed by atoms with Crippen LogP contribution in [0.3, 0.4) is 0 Å². The number of benzene rings is 2. The second kappa shape index (κ2) is 8.19. The van der Waals surface area contributed by atoms with Crippen LogP contribution >= 0.6 is 0 Å². The summed E-state index contributed by atoms with van der Waals surface area (Å²) >= 11 is 0. The predicted molar refractivity (Wildman–Crippen MR) is 123 cm³/mol. The molecule has 1 atom stereocenters. The van der Waals surface area contributed by atoms with Crippen LogP contribution in [0, 0.1) is 17.2 Å². The van der Waals surface area contributed by atoms with E-state index in [-0.39, 0.29) is 11.8 Å². The Morgan fingerprint density at radius 1 is 1.13 bits per heavy atom. The maximum absolute atomic E-state index is 9.87. The lowest BCUT2D eigenvalue weighted by molar-refractivity contribution is 0.379. The second-order valence-corrected chi connectivity index (χ2v) is 8.52. The number of rotatable bonds is 5. The minimum atomic E-state index is -0.353. The zero-order valence-corrected chi connectivity index (χ0v) is 18.3. The summed E-state index contributed by atoms with van der Waals surface area (Å²) in [5.41, 5.74) is 12.5. The van der Waals surface area contributed by atoms with Gasteiger partial charge in [-0.25, -0.2) is 0 Å². The minimum Gasteiger partial charge on any atom is -0.420 e. The van der Waals surface area contributed by atoms with Crippen molar-refractivity contribution in [3.63, 3.8) is 0 Å². The number of fused-ring (bicyclic) bond motifs is 1. The first-order chi connectivity index (χ1) is 14.9. The highest BCUT2D eigenvalue weighted by atomic mass is 16.5. The zero-order chi connectivity index (χ0) is 22.1. The summed E-state index contributed by atoms with van der Waals surface area (Å²) in [6, 6.07) is 18.9. The van der Waals surface area contributed by atoms with Gasteiger partial charge in [0.05, 0.1) is 17.2 Å². The summed E-state index contributed by atoms with van der Waals surface area (Å²) in [5, 5.41) is 17.4. The number of aromatic amines is 1. The third-order valence-corrected chi connectivity index (χ3v) is 5.57. The van der Waals surface area contributed by atoms with Gasteiger partial charge in [-0.1, -0.05) is 50.2 Å². The summed E-state index contributed by atoms with van der Waals surface area (Å²) in [6.07, 6.45) is 1.03. The number of aromatic nitrogens is 2. The first kappa shape index (κ1) is 20.5. The van der Waals surface area contributed by atoms with E-state index >= 15 is 0 Å². The smallest absolute Gasteiger partial charge is 0.244 e. The standard InChI is InChI=1S/C25H27N5O/c1-15(2)13-16-5-7-18(8-6-16)23-22-21(17-9-11-19(12-10-17)30(3)4)20(14-26)24(27)31-25(22)29-28-23/h5-12,15,21H,13,27H2,1-4H3,(H,28,29)/t21-/m0/s1. The van der Waals surface area contributed by atoms with E-state index in [2.05, 4.69) is 54.4 Å². The second-order valence-electron chi connectivity index (χ2n) is 8.52. The van der Waals surface area contributed by atoms with Gasteiger partial charge in [0, 0.05) is 25.3 Å². The van der Waals surface area contributed by atoms with E-state index in [0.717, 1.165) is 34.5 Å². The lowest BCUT2D eigenvalue weighted by Crippen LogP contribution is -2.21. The molecule has 0 fully saturated rings. The third-order valence-electron chi connectivity index (χ3n) is 5.57. The maximum atomic E-state index is 9.87. The minimum absolute atomic E-state index is 0.0991. The van der Waals surface area contributed by atoms with Gasteiger partial charge in [0.25, 0.3) is 0 Å². The van der Waals surface area contributed by atoms with Crippen LogP contribution in [0.4, 0.5) is 5.69 Å². The molecule has 1 aliphatic rings. The Bertz CT molecular complexity index is 1150. The molecule has 0 amide bonds. The van der Waals surface area contributed by atoms with E-state index in [0.29, 0.717) is 17.4 Å². The summed E-state index contributed by atoms with van der Waals surface area (Å²) in [5.74, 6) is 0.760. The molecule has 1 aromatic heterocycles. The average molecular weight is 414 g/mol. The van der Waals surface area contributed by atoms with Gasteiger partial charge in [0.1, 0.15) is 11.6 Å². The Morgan fingerprint density at radius 2 is 1.81 bits per heavy atom. The third kappa shape index (κ3) is 3.87. The number of ether oxygens (including phenoxy) is 1. The molecule has 3 aromatic rings. The van der Waals surface area contributed by atoms with E-state index in [1.165, 1.54) is 5.56 Å². The summed E-state index contributed by atoms with van der Waals surface area (Å²) < 4.78 is 5.71. The predicted octanol–water partition coefficient (Wildman–Crippen LogP) is 4.56. The van der Waals surface area contributed by atoms with Gasteiger partial charge in [0.15, 0.2) is 0 Å². The van der Waals surface area contributed by atoms with Crippen molar-refractivity contribution in [2.24, 2.45) is 11.7 Å². The van der Waals surface area contributed by atoms with E-state index in [4.69, 9.17) is 10.5 Å². The van der Waals surface area contributed by atoms with Crippen molar-refractivity contribution < 1.29 is 4.74 Å². The van der Waals surface area contributed by atoms with Crippen molar-refractivity contribution in [3.05, 3.63) is 76.7 Å². The molecule has 0 bridgehead atoms. The van der Waals surface area contributed by atoms with Crippen LogP contribution in [-0.2, 0) is 6.42 Å². The molecular formula is C25H27N5O. The number of anilines is 1. The fourth-order valence-corrected chi connectivity index (χ4v) is 4.04. The van der Waals surface area contributed by atoms with Crippen LogP contribution in [0.25, 0.3) is 11.3 Å². The first-order valence-corrected chi connectivity index (χ1v) is 10.4. The van der Waals surface area contributed by atoms with Gasteiger partial charge in [0.2, 0.25) is 11.8 Å². The van der Waals surface area contributed by atoms with Gasteiger partial charge in [-0.2, -0.15) is 5.26 Å². The summed E-state index contributed by atoms with van der Waals surface area (Å²) in [6.45, 7) is 4.42. The van der Waals surface area contributed by atoms with Gasteiger partial charge in [-0.3, -0.25) is 5.10 Å². The van der Waals surface area contributed by atoms with E-state index in [1.807, 2.05) is 43.3 Å². The number of H-pyrrole nitrogens is 1. The molecule has 0 saturated heterocycles. The van der Waals surface area contributed by atoms with E-state index in [1.54, 1.807) is 0 Å². The van der Waals surface area contributed by atoms with Gasteiger partial charge >= 0.3 is 0 Å². The van der Waals surface area contributed by atoms with Crippen LogP contribution in [0.2, 0.25) is 0 Å². The van der Waals surface area contributed by atoms with Gasteiger partial charge in [-0.05, 0) is 35.6 Å². The highest BCUT2D eigenvalue weighted by Crippen LogP contribution is 2.45. The lowest BCUT2D eigenvalue weighted by atomic mass is 9.83. The number of nitrogens with zero attached hydrogens (tertiary/aromatic N) is 3. The number of hydrogen-bond acceptors (Lipinski definition) is 5. The molecule has 2 aromatic carbocycles. The van der Waals surface area contributed by atoms with E-state index in [9.17, 15) is 5.26 Å². The molecule has 0 saturated carbocycles. The molecular weight excluding hydrogens is 386 g/mol. The van der Waals surface area contributed by atoms with Crippen LogP contribution in [-0.4, -0.2) is 24.3 Å². The largest absolute Gasteiger partial charge is 0.420 e. The SMILES string of the molecule is CC(C)Cc1ccc(-c2[nH]nc3c2[C@@H](c2ccc(N(C)C)cc2)C(C#N)=C(N)O3)cc1. The highest BCUT2D eigenvalue weighted by molar-refractivity contribution is 5.71. The molecule has 6 nitrogen and oxygen atoms in total. The average Bonchev–Trinajstić information content (AvgIpc) is 3.16. The molecule has 1 aliphatic heterocycles. The molecule has 4 rings (SSSR count). The number of nitrogens with two attached hydrogens (primary N) is 1. The maximum Gasteiger partial charge on any atom is 0.244 e. The normalized spacial score (nSPS) is 15.4. The fourth-order valence-electron chi connectivity index (χ4n) is 4.04. The first-order valence-electron chi connectivity index (χ1n) is 10.4. The van der Waals surface area contributed by atoms with Crippen molar-refractivity contribution in [3.8, 4) is 23.2 Å². The van der Waals surface area contributed by atoms with Crippen molar-refractivity contribution in [2.75, 3.05) is 19.0 Å². The van der Waals surface area contributed by atoms with Crippen LogP contribution in [0.1, 0.15) is 36.5 Å². The molecule has 158 valence electrons. The van der Waals surface area contributed by atoms with Crippen molar-refractivity contribution >= 4 is 5.69 Å². The molecule has 6 heteroatoms. The summed E-state index contributed by atoms with van der Waals surface area (Å²) in [7, 11) is 3.99. The molecule has 2 heterocycles. The highest BCUT2D eigenvalue weighted by Gasteiger charge is 2.35. The van der Waals surface area contributed by atoms with Crippen molar-refractivity contribution in [1.29, 1.82) is 5.26 Å². The van der Waals surface area contributed by atoms with Crippen LogP contribution in [0.5, 0.6) is 5.88 Å². The van der Waals surface area contributed by atoms with Crippen LogP contribution < -0.4 is 15.4 Å². The Hall–Kier alpha value is -3.72. The fraction of sp³-hybridized carbons (Fsp3) is 0.280. The Morgan fingerprint density at radius 3 is 2.39 bits per heavy atom. The van der Waals surface area contributed by atoms with Gasteiger partial charge < -0.3 is 15.4 Å². The number of hydrogen-bond donors (Lipinski definition) is 2. The monoisotopic (exact) mass is 413 g/mol. The molecule has 3 N–H and O–H groups in total. The van der Waals surface area contributed by atoms with Crippen LogP contribution in [0.15, 0.2) is 60.0 Å². The lowest BCUT2D eigenvalue weighted by Gasteiger charge is -2.24. The topological polar surface area (TPSA) is 91.0 Å². The van der Waals surface area contributed by atoms with Crippen molar-refractivity contribution in [1.82, 2.24) is 10.2 Å². The Kier molecular flexibility index (Phi) is 5.43. The number of nitriles is 1. The van der Waals surface area contributed by atoms with Crippen molar-refractivity contribution in [2.45, 2.75) is 26.2 Å². The van der Waals surface area contributed by atoms with Gasteiger partial charge in [-0.15, -0.1) is 5.10 Å². The zero-order valence-electron chi connectivity index (χ0n) is 18.3. The molecule has 0 unspecified atom stereocenters. The number of nitrogens with one attached hydrogen (secondary N) is 1. The molecule has 0 aliphatic carbocycles. The van der Waals surface area contributed by atoms with E-state index < -0.39 is 0 Å². The Labute approximate surface area is 183 Å². The molecule has 31 heavy (non-hydrogen) atoms. The summed E-state index contributed by atoms with van der Waals surface area (Å²) in [4.78, 5) is 2.04. The Balaban J connectivity index is 1.81. The number of allylic oxidation sites excluding steroid dienone is 1. The quantitative estimate of drug-likeness (QED) is 0.640. The molecule has 0 radical (unpaired) electrons.